The standard InChI is InChI=1S/C18H16N2S2/c1-13-19-17(12-21-13)15-8-6-14(7-9-15)10-20-11-16-4-2-3-5-18(16)22-20/h2-9,12H,10-11H2,1H3. The molecule has 110 valence electrons. The fourth-order valence-corrected chi connectivity index (χ4v) is 4.36. The molecule has 0 aliphatic carbocycles. The van der Waals surface area contributed by atoms with Crippen molar-refractivity contribution in [3.05, 3.63) is 70.0 Å². The molecule has 2 nitrogen and oxygen atoms in total. The lowest BCUT2D eigenvalue weighted by Crippen LogP contribution is -2.09. The first-order chi connectivity index (χ1) is 10.8. The van der Waals surface area contributed by atoms with Gasteiger partial charge in [0.1, 0.15) is 0 Å². The highest BCUT2D eigenvalue weighted by Crippen LogP contribution is 2.36. The predicted octanol–water partition coefficient (Wildman–Crippen LogP) is 5.14. The molecule has 0 saturated carbocycles. The van der Waals surface area contributed by atoms with Crippen molar-refractivity contribution in [2.45, 2.75) is 24.9 Å². The van der Waals surface area contributed by atoms with E-state index in [0.717, 1.165) is 23.8 Å². The lowest BCUT2D eigenvalue weighted by atomic mass is 10.1. The first kappa shape index (κ1) is 14.0. The Morgan fingerprint density at radius 3 is 2.64 bits per heavy atom. The second-order valence-corrected chi connectivity index (χ2v) is 7.65. The summed E-state index contributed by atoms with van der Waals surface area (Å²) in [5.41, 5.74) is 5.06. The van der Waals surface area contributed by atoms with Crippen LogP contribution in [-0.2, 0) is 13.1 Å². The molecule has 4 heteroatoms. The van der Waals surface area contributed by atoms with Gasteiger partial charge in [0.2, 0.25) is 0 Å². The first-order valence-corrected chi connectivity index (χ1v) is 8.95. The molecule has 22 heavy (non-hydrogen) atoms. The van der Waals surface area contributed by atoms with Gasteiger partial charge in [-0.25, -0.2) is 9.29 Å². The quantitative estimate of drug-likeness (QED) is 0.620. The number of hydrogen-bond acceptors (Lipinski definition) is 4. The number of rotatable bonds is 3. The number of benzene rings is 2. The van der Waals surface area contributed by atoms with E-state index >= 15 is 0 Å². The van der Waals surface area contributed by atoms with Gasteiger partial charge in [-0.3, -0.25) is 0 Å². The minimum absolute atomic E-state index is 0.968. The van der Waals surface area contributed by atoms with Crippen molar-refractivity contribution in [1.29, 1.82) is 0 Å². The summed E-state index contributed by atoms with van der Waals surface area (Å²) in [6.45, 7) is 4.04. The van der Waals surface area contributed by atoms with Gasteiger partial charge in [0.15, 0.2) is 0 Å². The van der Waals surface area contributed by atoms with Crippen molar-refractivity contribution >= 4 is 23.3 Å². The highest BCUT2D eigenvalue weighted by atomic mass is 32.2. The van der Waals surface area contributed by atoms with Gasteiger partial charge in [-0.05, 0) is 36.1 Å². The number of fused-ring (bicyclic) bond motifs is 1. The second kappa shape index (κ2) is 5.88. The van der Waals surface area contributed by atoms with Gasteiger partial charge in [-0.2, -0.15) is 0 Å². The van der Waals surface area contributed by atoms with Crippen molar-refractivity contribution < 1.29 is 0 Å². The van der Waals surface area contributed by atoms with Gasteiger partial charge in [0, 0.05) is 28.9 Å². The third-order valence-corrected chi connectivity index (χ3v) is 5.66. The molecule has 0 amide bonds. The van der Waals surface area contributed by atoms with Crippen molar-refractivity contribution in [3.63, 3.8) is 0 Å². The predicted molar refractivity (Wildman–Crippen MR) is 93.8 cm³/mol. The van der Waals surface area contributed by atoms with Crippen molar-refractivity contribution in [2.75, 3.05) is 0 Å². The molecular formula is C18H16N2S2. The van der Waals surface area contributed by atoms with Crippen LogP contribution in [0.3, 0.4) is 0 Å². The summed E-state index contributed by atoms with van der Waals surface area (Å²) in [7, 11) is 0. The van der Waals surface area contributed by atoms with E-state index in [-0.39, 0.29) is 0 Å². The maximum absolute atomic E-state index is 4.54. The zero-order valence-corrected chi connectivity index (χ0v) is 14.0. The minimum Gasteiger partial charge on any atom is -0.242 e. The first-order valence-electron chi connectivity index (χ1n) is 7.30. The Morgan fingerprint density at radius 2 is 1.91 bits per heavy atom. The number of aromatic nitrogens is 1. The van der Waals surface area contributed by atoms with Crippen molar-refractivity contribution in [2.24, 2.45) is 0 Å². The molecule has 2 aromatic carbocycles. The maximum Gasteiger partial charge on any atom is 0.0901 e. The molecule has 1 aliphatic heterocycles. The number of hydrogen-bond donors (Lipinski definition) is 0. The van der Waals surface area contributed by atoms with Gasteiger partial charge < -0.3 is 0 Å². The molecule has 0 unspecified atom stereocenters. The molecule has 2 heterocycles. The molecule has 0 spiro atoms. The monoisotopic (exact) mass is 324 g/mol. The van der Waals surface area contributed by atoms with E-state index in [4.69, 9.17) is 0 Å². The van der Waals surface area contributed by atoms with Crippen LogP contribution in [-0.4, -0.2) is 9.29 Å². The normalized spacial score (nSPS) is 14.2. The van der Waals surface area contributed by atoms with Crippen LogP contribution in [0.5, 0.6) is 0 Å². The highest BCUT2D eigenvalue weighted by Gasteiger charge is 2.19. The third-order valence-electron chi connectivity index (χ3n) is 3.77. The molecule has 1 aromatic heterocycles. The van der Waals surface area contributed by atoms with Gasteiger partial charge in [0.05, 0.1) is 10.7 Å². The van der Waals surface area contributed by atoms with Gasteiger partial charge in [-0.15, -0.1) is 11.3 Å². The zero-order valence-electron chi connectivity index (χ0n) is 12.3. The lowest BCUT2D eigenvalue weighted by molar-refractivity contribution is 0.475. The Kier molecular flexibility index (Phi) is 3.74. The average Bonchev–Trinajstić information content (AvgIpc) is 3.13. The van der Waals surface area contributed by atoms with Crippen LogP contribution in [0, 0.1) is 6.92 Å². The Morgan fingerprint density at radius 1 is 1.09 bits per heavy atom. The SMILES string of the molecule is Cc1nc(-c2ccc(CN3Cc4ccccc4S3)cc2)cs1. The summed E-state index contributed by atoms with van der Waals surface area (Å²) in [5.74, 6) is 0. The smallest absolute Gasteiger partial charge is 0.0901 e. The average molecular weight is 324 g/mol. The van der Waals surface area contributed by atoms with E-state index in [1.54, 1.807) is 11.3 Å². The Balaban J connectivity index is 1.46. The topological polar surface area (TPSA) is 16.1 Å². The van der Waals surface area contributed by atoms with Crippen molar-refractivity contribution in [1.82, 2.24) is 9.29 Å². The molecule has 0 fully saturated rings. The number of thiazole rings is 1. The largest absolute Gasteiger partial charge is 0.242 e. The Labute approximate surface area is 139 Å². The van der Waals surface area contributed by atoms with Gasteiger partial charge in [-0.1, -0.05) is 42.5 Å². The second-order valence-electron chi connectivity index (χ2n) is 5.45. The van der Waals surface area contributed by atoms with E-state index in [2.05, 4.69) is 63.2 Å². The van der Waals surface area contributed by atoms with E-state index in [1.165, 1.54) is 21.6 Å². The summed E-state index contributed by atoms with van der Waals surface area (Å²) >= 11 is 3.56. The van der Waals surface area contributed by atoms with E-state index in [1.807, 2.05) is 18.9 Å². The fourth-order valence-electron chi connectivity index (χ4n) is 2.65. The van der Waals surface area contributed by atoms with Gasteiger partial charge >= 0.3 is 0 Å². The van der Waals surface area contributed by atoms with E-state index in [0.29, 0.717) is 0 Å². The van der Waals surface area contributed by atoms with Crippen LogP contribution in [0.4, 0.5) is 0 Å². The Hall–Kier alpha value is -1.62. The van der Waals surface area contributed by atoms with Gasteiger partial charge in [0.25, 0.3) is 0 Å². The summed E-state index contributed by atoms with van der Waals surface area (Å²) in [6, 6.07) is 17.4. The molecular weight excluding hydrogens is 308 g/mol. The zero-order chi connectivity index (χ0) is 14.9. The van der Waals surface area contributed by atoms with Crippen LogP contribution in [0.25, 0.3) is 11.3 Å². The van der Waals surface area contributed by atoms with Crippen LogP contribution in [0.2, 0.25) is 0 Å². The molecule has 0 radical (unpaired) electrons. The van der Waals surface area contributed by atoms with E-state index in [9.17, 15) is 0 Å². The number of nitrogens with zero attached hydrogens (tertiary/aromatic N) is 2. The summed E-state index contributed by atoms with van der Waals surface area (Å²) in [5, 5.41) is 3.24. The maximum atomic E-state index is 4.54. The molecule has 0 N–H and O–H groups in total. The fraction of sp³-hybridized carbons (Fsp3) is 0.167. The Bertz CT molecular complexity index is 768. The molecule has 0 atom stereocenters. The van der Waals surface area contributed by atoms with Crippen LogP contribution >= 0.6 is 23.3 Å². The molecule has 1 aliphatic rings. The van der Waals surface area contributed by atoms with Crippen molar-refractivity contribution in [3.8, 4) is 11.3 Å². The third kappa shape index (κ3) is 2.82. The molecule has 3 aromatic rings. The van der Waals surface area contributed by atoms with E-state index < -0.39 is 0 Å². The molecule has 0 saturated heterocycles. The number of aryl methyl sites for hydroxylation is 1. The molecule has 4 rings (SSSR count). The summed E-state index contributed by atoms with van der Waals surface area (Å²) in [4.78, 5) is 5.93. The van der Waals surface area contributed by atoms with Crippen LogP contribution < -0.4 is 0 Å². The summed E-state index contributed by atoms with van der Waals surface area (Å²) < 4.78 is 2.41. The molecule has 0 bridgehead atoms. The minimum atomic E-state index is 0.968. The van der Waals surface area contributed by atoms with Crippen LogP contribution in [0.15, 0.2) is 58.8 Å². The highest BCUT2D eigenvalue weighted by molar-refractivity contribution is 7.97. The summed E-state index contributed by atoms with van der Waals surface area (Å²) in [6.07, 6.45) is 0. The van der Waals surface area contributed by atoms with Crippen LogP contribution in [0.1, 0.15) is 16.1 Å². The lowest BCUT2D eigenvalue weighted by Gasteiger charge is -2.13.